The van der Waals surface area contributed by atoms with Crippen LogP contribution in [0.2, 0.25) is 0 Å². The summed E-state index contributed by atoms with van der Waals surface area (Å²) in [5.74, 6) is 2.17. The van der Waals surface area contributed by atoms with Gasteiger partial charge in [0.25, 0.3) is 0 Å². The number of phenolic OH excluding ortho intramolecular Hbond substituents is 4. The van der Waals surface area contributed by atoms with Crippen LogP contribution in [0.25, 0.3) is 0 Å². The minimum atomic E-state index is -0.931. The molecule has 10 heteroatoms. The molecule has 0 saturated carbocycles. The minimum absolute atomic E-state index is 0.0228. The summed E-state index contributed by atoms with van der Waals surface area (Å²) in [5.41, 5.74) is 0. The summed E-state index contributed by atoms with van der Waals surface area (Å²) in [5, 5.41) is 44.7. The second-order valence-corrected chi connectivity index (χ2v) is 18.8. The molecule has 0 heterocycles. The van der Waals surface area contributed by atoms with Crippen molar-refractivity contribution in [2.24, 2.45) is 11.8 Å². The molecule has 0 fully saturated rings. The number of hydrogen-bond donors (Lipinski definition) is 5. The number of carboxylic acids is 1. The molecule has 2 rings (SSSR count). The number of rotatable bonds is 25. The summed E-state index contributed by atoms with van der Waals surface area (Å²) in [7, 11) is 9.90. The number of aromatic hydroxyl groups is 4. The van der Waals surface area contributed by atoms with Crippen molar-refractivity contribution in [2.75, 3.05) is 0 Å². The molecule has 5 N–H and O–H groups in total. The maximum absolute atomic E-state index is 10.3. The number of allylic oxidation sites excluding steroid dienone is 1. The van der Waals surface area contributed by atoms with E-state index in [-0.39, 0.29) is 23.0 Å². The number of phenols is 4. The fourth-order valence-corrected chi connectivity index (χ4v) is 5.29. The second kappa shape index (κ2) is 37.2. The van der Waals surface area contributed by atoms with Crippen LogP contribution in [0.3, 0.4) is 0 Å². The van der Waals surface area contributed by atoms with Gasteiger partial charge in [0.05, 0.1) is 5.76 Å². The topological polar surface area (TPSA) is 127 Å². The van der Waals surface area contributed by atoms with Gasteiger partial charge in [-0.25, -0.2) is 0 Å². The van der Waals surface area contributed by atoms with Crippen LogP contribution in [-0.4, -0.2) is 31.5 Å². The van der Waals surface area contributed by atoms with Crippen molar-refractivity contribution in [3.63, 3.8) is 0 Å². The van der Waals surface area contributed by atoms with Gasteiger partial charge < -0.3 is 30.3 Å². The van der Waals surface area contributed by atoms with Crippen molar-refractivity contribution >= 4 is 25.4 Å². The number of ether oxygens (including phenoxy) is 1. The molecule has 0 aliphatic carbocycles. The van der Waals surface area contributed by atoms with E-state index in [1.807, 2.05) is 0 Å². The Bertz CT molecular complexity index is 1110. The first-order valence-corrected chi connectivity index (χ1v) is 27.3. The van der Waals surface area contributed by atoms with Crippen LogP contribution >= 0.6 is 19.4 Å². The van der Waals surface area contributed by atoms with Crippen LogP contribution in [0.5, 0.6) is 28.7 Å². The van der Waals surface area contributed by atoms with E-state index < -0.39 is 21.1 Å². The first kappa shape index (κ1) is 52.0. The van der Waals surface area contributed by atoms with E-state index in [0.29, 0.717) is 17.9 Å². The predicted molar refractivity (Wildman–Crippen MR) is 215 cm³/mol. The number of halogens is 2. The summed E-state index contributed by atoms with van der Waals surface area (Å²) in [6.07, 6.45) is 25.4. The third-order valence-electron chi connectivity index (χ3n) is 8.19. The molecular weight excluding hydrogens is 753 g/mol. The number of benzene rings is 2. The van der Waals surface area contributed by atoms with Gasteiger partial charge >= 0.3 is 40.5 Å². The number of carbonyl (C=O) groups is 1. The zero-order valence-corrected chi connectivity index (χ0v) is 37.2. The van der Waals surface area contributed by atoms with Crippen molar-refractivity contribution in [1.29, 1.82) is 0 Å². The fraction of sp³-hybridized carbons (Fsp3) is 0.643. The molecule has 296 valence electrons. The van der Waals surface area contributed by atoms with E-state index in [4.69, 9.17) is 39.4 Å². The van der Waals surface area contributed by atoms with Crippen LogP contribution < -0.4 is 4.74 Å². The summed E-state index contributed by atoms with van der Waals surface area (Å²) in [6.45, 7) is 13.1. The zero-order chi connectivity index (χ0) is 39.4. The van der Waals surface area contributed by atoms with Gasteiger partial charge in [0, 0.05) is 25.0 Å². The van der Waals surface area contributed by atoms with Gasteiger partial charge in [-0.15, -0.1) is 0 Å². The Kier molecular flexibility index (Phi) is 37.2. The quantitative estimate of drug-likeness (QED) is 0.0383. The number of aliphatic carboxylic acids is 1. The SMILES string of the molecule is C=C(CCCCCCCCCCC(C)C)Oc1ccc(O)cc1O.CC(C)CCCCCCCCCCCC(=O)O.Oc1cccc(O)c1.[Cl][Zn][Cl]. The van der Waals surface area contributed by atoms with E-state index >= 15 is 0 Å². The molecule has 0 saturated heterocycles. The third-order valence-corrected chi connectivity index (χ3v) is 8.19. The summed E-state index contributed by atoms with van der Waals surface area (Å²) in [4.78, 5) is 10.3. The third kappa shape index (κ3) is 39.1. The van der Waals surface area contributed by atoms with Crippen LogP contribution in [0.15, 0.2) is 54.8 Å². The standard InChI is InChI=1S/C21H34O3.C15H30O2.C6H6O2.2ClH.Zn/c1-17(2)12-10-8-6-4-5-7-9-11-13-18(3)24-21-15-14-19(22)16-20(21)23;1-14(2)12-10-8-6-4-3-5-7-9-11-13-15(16)17;7-5-2-1-3-6(8)4-5;;;/h14-17,22-23H,3-13H2,1-2H3;14H,3-13H2,1-2H3,(H,16,17);1-4,7-8H;2*1H;/q;;;;;+2/p-2. The van der Waals surface area contributed by atoms with E-state index in [2.05, 4.69) is 34.3 Å². The number of unbranched alkanes of at least 4 members (excludes halogenated alkanes) is 15. The van der Waals surface area contributed by atoms with Gasteiger partial charge in [-0.3, -0.25) is 4.79 Å². The van der Waals surface area contributed by atoms with Crippen molar-refractivity contribution in [3.05, 3.63) is 54.8 Å². The molecule has 0 spiro atoms. The summed E-state index contributed by atoms with van der Waals surface area (Å²) >= 11 is -0.931. The Hall–Kier alpha value is -2.15. The van der Waals surface area contributed by atoms with Crippen LogP contribution in [-0.2, 0) is 19.9 Å². The molecule has 0 aromatic heterocycles. The first-order valence-electron chi connectivity index (χ1n) is 19.5. The Morgan fingerprint density at radius 3 is 1.33 bits per heavy atom. The zero-order valence-electron chi connectivity index (χ0n) is 32.8. The average molecular weight is 823 g/mol. The molecule has 0 unspecified atom stereocenters. The molecular formula is C42H70Cl2O7Zn. The van der Waals surface area contributed by atoms with Gasteiger partial charge in [-0.1, -0.05) is 149 Å². The number of hydrogen-bond acceptors (Lipinski definition) is 6. The Labute approximate surface area is 331 Å². The van der Waals surface area contributed by atoms with Crippen molar-refractivity contribution < 1.29 is 50.2 Å². The molecule has 0 atom stereocenters. The van der Waals surface area contributed by atoms with Gasteiger partial charge in [0.1, 0.15) is 17.2 Å². The van der Waals surface area contributed by atoms with Crippen LogP contribution in [0.4, 0.5) is 0 Å². The van der Waals surface area contributed by atoms with E-state index in [1.54, 1.807) is 12.1 Å². The molecule has 2 aromatic rings. The molecule has 2 aromatic carbocycles. The Morgan fingerprint density at radius 2 is 0.981 bits per heavy atom. The van der Waals surface area contributed by atoms with Crippen molar-refractivity contribution in [2.45, 2.75) is 163 Å². The normalized spacial score (nSPS) is 10.2. The predicted octanol–water partition coefficient (Wildman–Crippen LogP) is 14.0. The summed E-state index contributed by atoms with van der Waals surface area (Å²) < 4.78 is 5.54. The van der Waals surface area contributed by atoms with E-state index in [9.17, 15) is 15.0 Å². The fourth-order valence-electron chi connectivity index (χ4n) is 5.29. The maximum atomic E-state index is 10.3. The van der Waals surface area contributed by atoms with Gasteiger partial charge in [0.2, 0.25) is 0 Å². The van der Waals surface area contributed by atoms with Gasteiger partial charge in [-0.2, -0.15) is 0 Å². The number of carboxylic acid groups (broad SMARTS) is 1. The second-order valence-electron chi connectivity index (χ2n) is 14.2. The molecule has 0 aliphatic heterocycles. The first-order chi connectivity index (χ1) is 24.8. The molecule has 52 heavy (non-hydrogen) atoms. The van der Waals surface area contributed by atoms with Crippen LogP contribution in [0.1, 0.15) is 163 Å². The van der Waals surface area contributed by atoms with Crippen molar-refractivity contribution in [1.82, 2.24) is 0 Å². The summed E-state index contributed by atoms with van der Waals surface area (Å²) in [6, 6.07) is 10.2. The molecule has 0 radical (unpaired) electrons. The molecule has 0 bridgehead atoms. The molecule has 0 amide bonds. The molecule has 0 aliphatic rings. The average Bonchev–Trinajstić information content (AvgIpc) is 3.06. The van der Waals surface area contributed by atoms with Crippen LogP contribution in [0, 0.1) is 11.8 Å². The van der Waals surface area contributed by atoms with Gasteiger partial charge in [-0.05, 0) is 48.9 Å². The van der Waals surface area contributed by atoms with Crippen molar-refractivity contribution in [3.8, 4) is 28.7 Å². The van der Waals surface area contributed by atoms with E-state index in [0.717, 1.165) is 37.5 Å². The van der Waals surface area contributed by atoms with E-state index in [1.165, 1.54) is 133 Å². The monoisotopic (exact) mass is 820 g/mol. The molecule has 7 nitrogen and oxygen atoms in total. The van der Waals surface area contributed by atoms with Gasteiger partial charge in [0.15, 0.2) is 11.5 Å². The Morgan fingerprint density at radius 1 is 0.615 bits per heavy atom. The Balaban J connectivity index is 0.